The van der Waals surface area contributed by atoms with Crippen molar-refractivity contribution in [2.75, 3.05) is 6.61 Å². The topological polar surface area (TPSA) is 44.8 Å². The van der Waals surface area contributed by atoms with Crippen LogP contribution in [0, 0.1) is 0 Å². The fourth-order valence-corrected chi connectivity index (χ4v) is 1.93. The zero-order chi connectivity index (χ0) is 13.9. The fraction of sp³-hybridized carbons (Fsp3) is 0.533. The molecule has 104 valence electrons. The first-order valence-electron chi connectivity index (χ1n) is 6.48. The van der Waals surface area contributed by atoms with Gasteiger partial charge in [0.25, 0.3) is 0 Å². The Bertz CT molecular complexity index is 422. The van der Waals surface area contributed by atoms with Gasteiger partial charge in [0.2, 0.25) is 0 Å². The number of benzene rings is 1. The van der Waals surface area contributed by atoms with Crippen molar-refractivity contribution >= 4 is 5.97 Å². The Kier molecular flexibility index (Phi) is 4.22. The molecule has 1 aromatic rings. The van der Waals surface area contributed by atoms with Gasteiger partial charge in [-0.1, -0.05) is 30.3 Å². The number of carbonyl (C=O) groups is 1. The Labute approximate surface area is 113 Å². The second-order valence-corrected chi connectivity index (χ2v) is 5.59. The van der Waals surface area contributed by atoms with E-state index in [4.69, 9.17) is 14.2 Å². The summed E-state index contributed by atoms with van der Waals surface area (Å²) >= 11 is 0. The Hall–Kier alpha value is -1.39. The van der Waals surface area contributed by atoms with Gasteiger partial charge in [0.15, 0.2) is 6.29 Å². The quantitative estimate of drug-likeness (QED) is 0.787. The van der Waals surface area contributed by atoms with Crippen LogP contribution in [0.25, 0.3) is 0 Å². The third-order valence-corrected chi connectivity index (χ3v) is 2.67. The molecular weight excluding hydrogens is 244 g/mol. The van der Waals surface area contributed by atoms with Crippen LogP contribution in [0.3, 0.4) is 0 Å². The smallest absolute Gasteiger partial charge is 0.311 e. The second kappa shape index (κ2) is 5.72. The lowest BCUT2D eigenvalue weighted by molar-refractivity contribution is -0.163. The van der Waals surface area contributed by atoms with Gasteiger partial charge in [0.1, 0.15) is 11.7 Å². The first-order chi connectivity index (χ1) is 8.94. The Morgan fingerprint density at radius 2 is 2.00 bits per heavy atom. The number of esters is 1. The van der Waals surface area contributed by atoms with Gasteiger partial charge in [-0.15, -0.1) is 0 Å². The van der Waals surface area contributed by atoms with Crippen molar-refractivity contribution in [3.8, 4) is 0 Å². The van der Waals surface area contributed by atoms with Gasteiger partial charge in [-0.05, 0) is 26.3 Å². The summed E-state index contributed by atoms with van der Waals surface area (Å²) in [6.07, 6.45) is -0.491. The van der Waals surface area contributed by atoms with E-state index in [1.807, 2.05) is 51.1 Å². The van der Waals surface area contributed by atoms with Gasteiger partial charge < -0.3 is 14.2 Å². The molecule has 1 heterocycles. The second-order valence-electron chi connectivity index (χ2n) is 5.59. The van der Waals surface area contributed by atoms with Gasteiger partial charge in [-0.2, -0.15) is 0 Å². The Morgan fingerprint density at radius 1 is 1.32 bits per heavy atom. The lowest BCUT2D eigenvalue weighted by atomic mass is 10.1. The van der Waals surface area contributed by atoms with Crippen molar-refractivity contribution < 1.29 is 19.0 Å². The van der Waals surface area contributed by atoms with Crippen LogP contribution in [0.15, 0.2) is 30.3 Å². The maximum absolute atomic E-state index is 11.7. The summed E-state index contributed by atoms with van der Waals surface area (Å²) in [5, 5.41) is 0. The molecule has 0 aromatic heterocycles. The molecule has 2 atom stereocenters. The summed E-state index contributed by atoms with van der Waals surface area (Å²) in [7, 11) is 0. The van der Waals surface area contributed by atoms with Gasteiger partial charge in [0, 0.05) is 0 Å². The van der Waals surface area contributed by atoms with Gasteiger partial charge >= 0.3 is 5.97 Å². The molecule has 4 nitrogen and oxygen atoms in total. The molecule has 0 radical (unpaired) electrons. The van der Waals surface area contributed by atoms with E-state index in [-0.39, 0.29) is 18.5 Å². The molecular formula is C15H20O4. The number of rotatable bonds is 3. The van der Waals surface area contributed by atoms with Gasteiger partial charge in [-0.3, -0.25) is 4.79 Å². The lowest BCUT2D eigenvalue weighted by Gasteiger charge is -2.20. The van der Waals surface area contributed by atoms with Crippen molar-refractivity contribution in [1.29, 1.82) is 0 Å². The third-order valence-electron chi connectivity index (χ3n) is 2.67. The third kappa shape index (κ3) is 4.33. The van der Waals surface area contributed by atoms with Gasteiger partial charge in [0.05, 0.1) is 13.0 Å². The monoisotopic (exact) mass is 264 g/mol. The van der Waals surface area contributed by atoms with E-state index in [0.717, 1.165) is 5.56 Å². The zero-order valence-corrected chi connectivity index (χ0v) is 11.6. The number of hydrogen-bond donors (Lipinski definition) is 0. The van der Waals surface area contributed by atoms with E-state index < -0.39 is 11.9 Å². The molecule has 1 fully saturated rings. The maximum Gasteiger partial charge on any atom is 0.311 e. The summed E-state index contributed by atoms with van der Waals surface area (Å²) in [5.41, 5.74) is 0.586. The molecule has 19 heavy (non-hydrogen) atoms. The maximum atomic E-state index is 11.7. The van der Waals surface area contributed by atoms with Crippen LogP contribution in [0.5, 0.6) is 0 Å². The zero-order valence-electron chi connectivity index (χ0n) is 11.6. The predicted octanol–water partition coefficient (Wildman–Crippen LogP) is 2.83. The van der Waals surface area contributed by atoms with Crippen LogP contribution in [0.2, 0.25) is 0 Å². The van der Waals surface area contributed by atoms with E-state index >= 15 is 0 Å². The van der Waals surface area contributed by atoms with Crippen LogP contribution in [0.1, 0.15) is 38.9 Å². The summed E-state index contributed by atoms with van der Waals surface area (Å²) < 4.78 is 16.4. The first kappa shape index (κ1) is 14.0. The first-order valence-corrected chi connectivity index (χ1v) is 6.48. The van der Waals surface area contributed by atoms with Crippen LogP contribution >= 0.6 is 0 Å². The van der Waals surface area contributed by atoms with Crippen molar-refractivity contribution in [1.82, 2.24) is 0 Å². The van der Waals surface area contributed by atoms with Crippen LogP contribution in [-0.4, -0.2) is 24.5 Å². The minimum absolute atomic E-state index is 0.103. The molecule has 0 bridgehead atoms. The molecule has 1 aliphatic heterocycles. The minimum atomic E-state index is -0.514. The molecule has 0 aliphatic carbocycles. The summed E-state index contributed by atoms with van der Waals surface area (Å²) in [5.74, 6) is -0.300. The van der Waals surface area contributed by atoms with E-state index in [2.05, 4.69) is 0 Å². The summed E-state index contributed by atoms with van der Waals surface area (Å²) in [6.45, 7) is 5.99. The van der Waals surface area contributed by atoms with Gasteiger partial charge in [-0.25, -0.2) is 0 Å². The average Bonchev–Trinajstić information content (AvgIpc) is 2.76. The minimum Gasteiger partial charge on any atom is -0.460 e. The summed E-state index contributed by atoms with van der Waals surface area (Å²) in [6, 6.07) is 9.85. The summed E-state index contributed by atoms with van der Waals surface area (Å²) in [4.78, 5) is 11.7. The van der Waals surface area contributed by atoms with Crippen molar-refractivity contribution in [2.24, 2.45) is 0 Å². The normalized spacial score (nSPS) is 23.3. The number of ether oxygens (including phenoxy) is 3. The molecule has 0 spiro atoms. The molecule has 1 aliphatic rings. The highest BCUT2D eigenvalue weighted by Gasteiger charge is 2.30. The molecule has 0 saturated carbocycles. The van der Waals surface area contributed by atoms with Crippen molar-refractivity contribution in [2.45, 2.75) is 45.2 Å². The molecule has 2 rings (SSSR count). The van der Waals surface area contributed by atoms with E-state index in [9.17, 15) is 4.79 Å². The molecule has 0 unspecified atom stereocenters. The number of carbonyl (C=O) groups excluding carboxylic acids is 1. The molecule has 0 N–H and O–H groups in total. The molecule has 4 heteroatoms. The molecule has 0 amide bonds. The highest BCUT2D eigenvalue weighted by Crippen LogP contribution is 2.28. The van der Waals surface area contributed by atoms with Crippen molar-refractivity contribution in [3.05, 3.63) is 35.9 Å². The Morgan fingerprint density at radius 3 is 2.63 bits per heavy atom. The molecule has 1 aromatic carbocycles. The van der Waals surface area contributed by atoms with Crippen LogP contribution in [0.4, 0.5) is 0 Å². The molecule has 1 saturated heterocycles. The highest BCUT2D eigenvalue weighted by atomic mass is 16.7. The standard InChI is InChI=1S/C15H20O4/c1-15(2,3)19-13(16)9-14-17-10-12(18-14)11-7-5-4-6-8-11/h4-8,12,14H,9-10H2,1-3H3/t12-,14+/m0/s1. The average molecular weight is 264 g/mol. The van der Waals surface area contributed by atoms with Crippen molar-refractivity contribution in [3.63, 3.8) is 0 Å². The fourth-order valence-electron chi connectivity index (χ4n) is 1.93. The SMILES string of the molecule is CC(C)(C)OC(=O)C[C@@H]1OC[C@@H](c2ccccc2)O1. The van der Waals surface area contributed by atoms with E-state index in [0.29, 0.717) is 6.61 Å². The predicted molar refractivity (Wildman–Crippen MR) is 70.5 cm³/mol. The highest BCUT2D eigenvalue weighted by molar-refractivity contribution is 5.70. The lowest BCUT2D eigenvalue weighted by Crippen LogP contribution is -2.26. The van der Waals surface area contributed by atoms with E-state index in [1.165, 1.54) is 0 Å². The van der Waals surface area contributed by atoms with E-state index in [1.54, 1.807) is 0 Å². The van der Waals surface area contributed by atoms with Crippen LogP contribution < -0.4 is 0 Å². The van der Waals surface area contributed by atoms with Crippen LogP contribution in [-0.2, 0) is 19.0 Å². The Balaban J connectivity index is 1.84. The number of hydrogen-bond acceptors (Lipinski definition) is 4. The largest absolute Gasteiger partial charge is 0.460 e.